The second-order valence-electron chi connectivity index (χ2n) is 6.79. The first-order valence-corrected chi connectivity index (χ1v) is 8.07. The monoisotopic (exact) mass is 273 g/mol. The second-order valence-corrected chi connectivity index (χ2v) is 6.79. The molecule has 3 rings (SSSR count). The molecule has 1 N–H and O–H groups in total. The van der Waals surface area contributed by atoms with Gasteiger partial charge in [-0.3, -0.25) is 9.88 Å². The van der Waals surface area contributed by atoms with E-state index in [0.717, 1.165) is 12.5 Å². The van der Waals surface area contributed by atoms with Gasteiger partial charge in [-0.2, -0.15) is 0 Å². The van der Waals surface area contributed by atoms with Gasteiger partial charge in [0.2, 0.25) is 0 Å². The smallest absolute Gasteiger partial charge is 0.0572 e. The van der Waals surface area contributed by atoms with Gasteiger partial charge in [-0.25, -0.2) is 0 Å². The van der Waals surface area contributed by atoms with E-state index in [0.29, 0.717) is 24.0 Å². The summed E-state index contributed by atoms with van der Waals surface area (Å²) < 4.78 is 0. The van der Waals surface area contributed by atoms with Crippen molar-refractivity contribution in [3.05, 3.63) is 30.1 Å². The van der Waals surface area contributed by atoms with E-state index >= 15 is 0 Å². The highest BCUT2D eigenvalue weighted by Crippen LogP contribution is 2.36. The molecule has 1 saturated heterocycles. The van der Waals surface area contributed by atoms with Gasteiger partial charge in [0.25, 0.3) is 0 Å². The lowest BCUT2D eigenvalue weighted by Gasteiger charge is -2.45. The minimum absolute atomic E-state index is 0.409. The zero-order chi connectivity index (χ0) is 14.1. The summed E-state index contributed by atoms with van der Waals surface area (Å²) in [4.78, 5) is 7.26. The van der Waals surface area contributed by atoms with E-state index in [-0.39, 0.29) is 0 Å². The zero-order valence-corrected chi connectivity index (χ0v) is 12.9. The minimum atomic E-state index is 0.409. The topological polar surface area (TPSA) is 28.2 Å². The van der Waals surface area contributed by atoms with Gasteiger partial charge >= 0.3 is 0 Å². The maximum absolute atomic E-state index is 4.57. The number of nitrogens with zero attached hydrogens (tertiary/aromatic N) is 2. The van der Waals surface area contributed by atoms with Crippen LogP contribution in [0.15, 0.2) is 24.4 Å². The molecule has 1 aromatic rings. The van der Waals surface area contributed by atoms with E-state index in [4.69, 9.17) is 0 Å². The molecule has 1 aliphatic heterocycles. The van der Waals surface area contributed by atoms with E-state index in [1.807, 2.05) is 12.3 Å². The molecule has 3 heteroatoms. The average Bonchev–Trinajstić information content (AvgIpc) is 3.31. The summed E-state index contributed by atoms with van der Waals surface area (Å²) in [5.74, 6) is 1.59. The number of piperazine rings is 1. The third-order valence-electron chi connectivity index (χ3n) is 5.00. The predicted molar refractivity (Wildman–Crippen MR) is 82.5 cm³/mol. The Morgan fingerprint density at radius 3 is 2.65 bits per heavy atom. The van der Waals surface area contributed by atoms with Crippen LogP contribution in [-0.2, 0) is 0 Å². The standard InChI is InChI=1S/C17H27N3/c1-12(2)17-10-19-16(14-7-8-14)11-20(17)13(3)15-6-4-5-9-18-15/h4-6,9,12-14,16-17,19H,7-8,10-11H2,1-3H3. The van der Waals surface area contributed by atoms with Gasteiger partial charge in [0.15, 0.2) is 0 Å². The third-order valence-corrected chi connectivity index (χ3v) is 5.00. The van der Waals surface area contributed by atoms with Gasteiger partial charge in [-0.15, -0.1) is 0 Å². The van der Waals surface area contributed by atoms with Crippen molar-refractivity contribution in [3.63, 3.8) is 0 Å². The van der Waals surface area contributed by atoms with Crippen LogP contribution in [0, 0.1) is 11.8 Å². The van der Waals surface area contributed by atoms with Crippen LogP contribution in [0.3, 0.4) is 0 Å². The molecular weight excluding hydrogens is 246 g/mol. The van der Waals surface area contributed by atoms with Crippen molar-refractivity contribution in [3.8, 4) is 0 Å². The van der Waals surface area contributed by atoms with Gasteiger partial charge in [0, 0.05) is 37.4 Å². The highest BCUT2D eigenvalue weighted by Gasteiger charge is 2.39. The number of aromatic nitrogens is 1. The van der Waals surface area contributed by atoms with E-state index in [9.17, 15) is 0 Å². The van der Waals surface area contributed by atoms with Crippen LogP contribution in [0.4, 0.5) is 0 Å². The van der Waals surface area contributed by atoms with Gasteiger partial charge in [-0.05, 0) is 43.7 Å². The summed E-state index contributed by atoms with van der Waals surface area (Å²) in [6.07, 6.45) is 4.74. The first kappa shape index (κ1) is 14.0. The fourth-order valence-electron chi connectivity index (χ4n) is 3.49. The lowest BCUT2D eigenvalue weighted by atomic mass is 9.94. The van der Waals surface area contributed by atoms with Gasteiger partial charge in [-0.1, -0.05) is 19.9 Å². The van der Waals surface area contributed by atoms with Crippen LogP contribution in [-0.4, -0.2) is 35.1 Å². The Hall–Kier alpha value is -0.930. The number of rotatable bonds is 4. The Bertz CT molecular complexity index is 427. The fourth-order valence-corrected chi connectivity index (χ4v) is 3.49. The van der Waals surface area contributed by atoms with Crippen molar-refractivity contribution in [1.82, 2.24) is 15.2 Å². The molecule has 2 heterocycles. The minimum Gasteiger partial charge on any atom is -0.311 e. The molecule has 3 unspecified atom stereocenters. The Morgan fingerprint density at radius 1 is 1.25 bits per heavy atom. The summed E-state index contributed by atoms with van der Waals surface area (Å²) in [7, 11) is 0. The predicted octanol–water partition coefficient (Wildman–Crippen LogP) is 2.85. The molecule has 0 amide bonds. The van der Waals surface area contributed by atoms with Crippen LogP contribution in [0.5, 0.6) is 0 Å². The molecule has 3 atom stereocenters. The zero-order valence-electron chi connectivity index (χ0n) is 12.9. The third kappa shape index (κ3) is 2.89. The molecule has 3 nitrogen and oxygen atoms in total. The largest absolute Gasteiger partial charge is 0.311 e. The number of nitrogens with one attached hydrogen (secondary N) is 1. The Labute approximate surface area is 122 Å². The van der Waals surface area contributed by atoms with E-state index < -0.39 is 0 Å². The first-order valence-electron chi connectivity index (χ1n) is 8.07. The molecule has 1 aliphatic carbocycles. The van der Waals surface area contributed by atoms with E-state index in [1.54, 1.807) is 0 Å². The van der Waals surface area contributed by atoms with Crippen molar-refractivity contribution in [2.75, 3.05) is 13.1 Å². The van der Waals surface area contributed by atoms with Crippen LogP contribution < -0.4 is 5.32 Å². The molecule has 0 radical (unpaired) electrons. The first-order chi connectivity index (χ1) is 9.66. The molecule has 0 bridgehead atoms. The molecule has 110 valence electrons. The van der Waals surface area contributed by atoms with Gasteiger partial charge < -0.3 is 5.32 Å². The fraction of sp³-hybridized carbons (Fsp3) is 0.706. The van der Waals surface area contributed by atoms with Crippen LogP contribution in [0.25, 0.3) is 0 Å². The Kier molecular flexibility index (Phi) is 4.08. The highest BCUT2D eigenvalue weighted by atomic mass is 15.3. The quantitative estimate of drug-likeness (QED) is 0.914. The van der Waals surface area contributed by atoms with Gasteiger partial charge in [0.1, 0.15) is 0 Å². The lowest BCUT2D eigenvalue weighted by Crippen LogP contribution is -2.59. The molecule has 2 fully saturated rings. The van der Waals surface area contributed by atoms with Crippen LogP contribution >= 0.6 is 0 Å². The maximum atomic E-state index is 4.57. The van der Waals surface area contributed by atoms with E-state index in [1.165, 1.54) is 25.1 Å². The molecule has 20 heavy (non-hydrogen) atoms. The summed E-state index contributed by atoms with van der Waals surface area (Å²) in [6.45, 7) is 9.28. The lowest BCUT2D eigenvalue weighted by molar-refractivity contribution is 0.0554. The number of hydrogen-bond donors (Lipinski definition) is 1. The van der Waals surface area contributed by atoms with Gasteiger partial charge in [0.05, 0.1) is 5.69 Å². The normalized spacial score (nSPS) is 29.6. The average molecular weight is 273 g/mol. The van der Waals surface area contributed by atoms with Crippen molar-refractivity contribution in [1.29, 1.82) is 0 Å². The summed E-state index contributed by atoms with van der Waals surface area (Å²) >= 11 is 0. The SMILES string of the molecule is CC(C)C1CNC(C2CC2)CN1C(C)c1ccccn1. The van der Waals surface area contributed by atoms with Crippen LogP contribution in [0.1, 0.15) is 45.3 Å². The molecule has 2 aliphatic rings. The van der Waals surface area contributed by atoms with Crippen molar-refractivity contribution < 1.29 is 0 Å². The summed E-state index contributed by atoms with van der Waals surface area (Å²) in [5, 5.41) is 3.79. The Morgan fingerprint density at radius 2 is 2.05 bits per heavy atom. The maximum Gasteiger partial charge on any atom is 0.0572 e. The number of pyridine rings is 1. The number of hydrogen-bond acceptors (Lipinski definition) is 3. The van der Waals surface area contributed by atoms with Crippen molar-refractivity contribution >= 4 is 0 Å². The van der Waals surface area contributed by atoms with Crippen molar-refractivity contribution in [2.24, 2.45) is 11.8 Å². The molecule has 1 saturated carbocycles. The summed E-state index contributed by atoms with van der Waals surface area (Å²) in [6, 6.07) is 7.98. The summed E-state index contributed by atoms with van der Waals surface area (Å²) in [5.41, 5.74) is 1.20. The molecule has 1 aromatic heterocycles. The van der Waals surface area contributed by atoms with E-state index in [2.05, 4.69) is 48.1 Å². The van der Waals surface area contributed by atoms with Crippen molar-refractivity contribution in [2.45, 2.75) is 51.7 Å². The molecule has 0 aromatic carbocycles. The molecular formula is C17H27N3. The molecule has 0 spiro atoms. The van der Waals surface area contributed by atoms with Crippen LogP contribution in [0.2, 0.25) is 0 Å². The highest BCUT2D eigenvalue weighted by molar-refractivity contribution is 5.10. The Balaban J connectivity index is 1.77. The second kappa shape index (κ2) is 5.82.